The van der Waals surface area contributed by atoms with Crippen molar-refractivity contribution in [3.63, 3.8) is 0 Å². The number of unbranched alkanes of at least 4 members (excludes halogenated alkanes) is 2. The fraction of sp³-hybridized carbons (Fsp3) is 0.357. The third-order valence-corrected chi connectivity index (χ3v) is 5.90. The molecule has 3 aromatic carbocycles. The van der Waals surface area contributed by atoms with Gasteiger partial charge >= 0.3 is 5.97 Å². The molecular weight excluding hydrogens is 398 g/mol. The number of benzene rings is 3. The molecule has 0 aliphatic rings. The predicted octanol–water partition coefficient (Wildman–Crippen LogP) is 5.88. The first-order valence-electron chi connectivity index (χ1n) is 11.6. The normalized spacial score (nSPS) is 10.9. The van der Waals surface area contributed by atoms with Crippen LogP contribution in [0.1, 0.15) is 49.7 Å². The zero-order valence-electron chi connectivity index (χ0n) is 18.7. The zero-order valence-corrected chi connectivity index (χ0v) is 18.7. The second-order valence-electron chi connectivity index (χ2n) is 8.31. The van der Waals surface area contributed by atoms with Crippen LogP contribution in [0.25, 0.3) is 10.8 Å². The topological polar surface area (TPSA) is 57.6 Å². The number of carbonyl (C=O) groups excluding carboxylic acids is 1. The van der Waals surface area contributed by atoms with Gasteiger partial charge in [0.1, 0.15) is 0 Å². The molecule has 1 amide bonds. The highest BCUT2D eigenvalue weighted by atomic mass is 16.4. The SMILES string of the molecule is O=C(O)CCCCCN(CCc1cccc2ccccc12)C(=O)CCCc1ccccc1. The molecule has 4 heteroatoms. The van der Waals surface area contributed by atoms with Gasteiger partial charge in [0.25, 0.3) is 0 Å². The molecule has 0 atom stereocenters. The number of carboxylic acid groups (broad SMARTS) is 1. The van der Waals surface area contributed by atoms with Gasteiger partial charge in [0.2, 0.25) is 5.91 Å². The average molecular weight is 432 g/mol. The van der Waals surface area contributed by atoms with E-state index in [1.807, 2.05) is 29.2 Å². The molecule has 32 heavy (non-hydrogen) atoms. The third kappa shape index (κ3) is 7.52. The maximum Gasteiger partial charge on any atom is 0.303 e. The molecule has 0 aliphatic carbocycles. The van der Waals surface area contributed by atoms with Crippen molar-refractivity contribution < 1.29 is 14.7 Å². The Kier molecular flexibility index (Phi) is 9.30. The fourth-order valence-electron chi connectivity index (χ4n) is 4.13. The number of amides is 1. The van der Waals surface area contributed by atoms with Crippen molar-refractivity contribution in [2.24, 2.45) is 0 Å². The lowest BCUT2D eigenvalue weighted by Gasteiger charge is -2.23. The Labute approximate surface area is 190 Å². The van der Waals surface area contributed by atoms with Crippen LogP contribution in [0.2, 0.25) is 0 Å². The second-order valence-corrected chi connectivity index (χ2v) is 8.31. The maximum atomic E-state index is 13.0. The van der Waals surface area contributed by atoms with E-state index in [4.69, 9.17) is 5.11 Å². The molecule has 0 unspecified atom stereocenters. The van der Waals surface area contributed by atoms with E-state index in [1.165, 1.54) is 21.9 Å². The van der Waals surface area contributed by atoms with E-state index in [0.717, 1.165) is 32.1 Å². The molecule has 3 aromatic rings. The lowest BCUT2D eigenvalue weighted by molar-refractivity contribution is -0.137. The van der Waals surface area contributed by atoms with Gasteiger partial charge in [-0.3, -0.25) is 9.59 Å². The minimum absolute atomic E-state index is 0.194. The lowest BCUT2D eigenvalue weighted by atomic mass is 10.0. The highest BCUT2D eigenvalue weighted by Gasteiger charge is 2.14. The van der Waals surface area contributed by atoms with Gasteiger partial charge in [0.05, 0.1) is 0 Å². The third-order valence-electron chi connectivity index (χ3n) is 5.90. The van der Waals surface area contributed by atoms with Crippen LogP contribution in [0, 0.1) is 0 Å². The van der Waals surface area contributed by atoms with Gasteiger partial charge in [0.15, 0.2) is 0 Å². The summed E-state index contributed by atoms with van der Waals surface area (Å²) in [6.07, 6.45) is 5.63. The molecule has 0 radical (unpaired) electrons. The first-order chi connectivity index (χ1) is 15.6. The monoisotopic (exact) mass is 431 g/mol. The van der Waals surface area contributed by atoms with E-state index in [1.54, 1.807) is 0 Å². The molecule has 3 rings (SSSR count). The van der Waals surface area contributed by atoms with Gasteiger partial charge in [-0.15, -0.1) is 0 Å². The summed E-state index contributed by atoms with van der Waals surface area (Å²) in [4.78, 5) is 25.7. The van der Waals surface area contributed by atoms with Crippen molar-refractivity contribution in [3.8, 4) is 0 Å². The van der Waals surface area contributed by atoms with Crippen molar-refractivity contribution in [1.29, 1.82) is 0 Å². The molecule has 0 spiro atoms. The standard InChI is InChI=1S/C28H33NO3/c30-27(18-9-13-23-11-3-1-4-12-23)29(21-8-2-5-19-28(31)32)22-20-25-16-10-15-24-14-6-7-17-26(24)25/h1,3-4,6-7,10-12,14-17H,2,5,8-9,13,18-22H2,(H,31,32). The minimum atomic E-state index is -0.755. The van der Waals surface area contributed by atoms with Gasteiger partial charge in [-0.2, -0.15) is 0 Å². The van der Waals surface area contributed by atoms with Crippen molar-refractivity contribution in [2.45, 2.75) is 51.4 Å². The molecule has 168 valence electrons. The van der Waals surface area contributed by atoms with Gasteiger partial charge in [-0.25, -0.2) is 0 Å². The summed E-state index contributed by atoms with van der Waals surface area (Å²) in [5.41, 5.74) is 2.52. The Morgan fingerprint density at radius 3 is 2.25 bits per heavy atom. The number of aryl methyl sites for hydroxylation is 1. The summed E-state index contributed by atoms with van der Waals surface area (Å²) in [6, 6.07) is 25.0. The predicted molar refractivity (Wildman–Crippen MR) is 130 cm³/mol. The van der Waals surface area contributed by atoms with Crippen LogP contribution in [-0.4, -0.2) is 35.0 Å². The number of nitrogens with zero attached hydrogens (tertiary/aromatic N) is 1. The fourth-order valence-corrected chi connectivity index (χ4v) is 4.13. The zero-order chi connectivity index (χ0) is 22.6. The highest BCUT2D eigenvalue weighted by molar-refractivity contribution is 5.85. The van der Waals surface area contributed by atoms with E-state index in [9.17, 15) is 9.59 Å². The molecule has 0 fully saturated rings. The van der Waals surface area contributed by atoms with E-state index < -0.39 is 5.97 Å². The van der Waals surface area contributed by atoms with Gasteiger partial charge in [-0.1, -0.05) is 79.2 Å². The van der Waals surface area contributed by atoms with Crippen LogP contribution in [0.15, 0.2) is 72.8 Å². The van der Waals surface area contributed by atoms with Gasteiger partial charge < -0.3 is 10.0 Å². The summed E-state index contributed by atoms with van der Waals surface area (Å²) >= 11 is 0. The smallest absolute Gasteiger partial charge is 0.303 e. The molecule has 0 aliphatic heterocycles. The largest absolute Gasteiger partial charge is 0.481 e. The Bertz CT molecular complexity index is 994. The van der Waals surface area contributed by atoms with Crippen molar-refractivity contribution >= 4 is 22.6 Å². The summed E-state index contributed by atoms with van der Waals surface area (Å²) < 4.78 is 0. The lowest BCUT2D eigenvalue weighted by Crippen LogP contribution is -2.33. The molecule has 1 N–H and O–H groups in total. The van der Waals surface area contributed by atoms with E-state index in [2.05, 4.69) is 48.5 Å². The van der Waals surface area contributed by atoms with E-state index >= 15 is 0 Å². The number of hydrogen-bond donors (Lipinski definition) is 1. The number of rotatable bonds is 13. The number of hydrogen-bond acceptors (Lipinski definition) is 2. The van der Waals surface area contributed by atoms with Crippen LogP contribution in [0.3, 0.4) is 0 Å². The van der Waals surface area contributed by atoms with Crippen molar-refractivity contribution in [3.05, 3.63) is 83.9 Å². The van der Waals surface area contributed by atoms with Crippen LogP contribution < -0.4 is 0 Å². The molecule has 0 saturated carbocycles. The molecular formula is C28H33NO3. The first kappa shape index (κ1) is 23.5. The quantitative estimate of drug-likeness (QED) is 0.344. The molecule has 4 nitrogen and oxygen atoms in total. The number of aliphatic carboxylic acids is 1. The molecule has 0 heterocycles. The molecule has 0 bridgehead atoms. The second kappa shape index (κ2) is 12.7. The minimum Gasteiger partial charge on any atom is -0.481 e. The Morgan fingerprint density at radius 2 is 1.44 bits per heavy atom. The average Bonchev–Trinajstić information content (AvgIpc) is 2.81. The first-order valence-corrected chi connectivity index (χ1v) is 11.6. The van der Waals surface area contributed by atoms with Gasteiger partial charge in [-0.05, 0) is 54.0 Å². The number of carboxylic acids is 1. The molecule has 0 aromatic heterocycles. The van der Waals surface area contributed by atoms with E-state index in [0.29, 0.717) is 25.9 Å². The molecule has 0 saturated heterocycles. The summed E-state index contributed by atoms with van der Waals surface area (Å²) in [6.45, 7) is 1.38. The van der Waals surface area contributed by atoms with Crippen LogP contribution in [0.4, 0.5) is 0 Å². The maximum absolute atomic E-state index is 13.0. The summed E-state index contributed by atoms with van der Waals surface area (Å²) in [5.74, 6) is -0.561. The number of fused-ring (bicyclic) bond motifs is 1. The Morgan fingerprint density at radius 1 is 0.688 bits per heavy atom. The summed E-state index contributed by atoms with van der Waals surface area (Å²) in [7, 11) is 0. The van der Waals surface area contributed by atoms with Crippen molar-refractivity contribution in [1.82, 2.24) is 4.90 Å². The van der Waals surface area contributed by atoms with Crippen molar-refractivity contribution in [2.75, 3.05) is 13.1 Å². The Hall–Kier alpha value is -3.14. The van der Waals surface area contributed by atoms with Crippen LogP contribution >= 0.6 is 0 Å². The van der Waals surface area contributed by atoms with E-state index in [-0.39, 0.29) is 12.3 Å². The van der Waals surface area contributed by atoms with Crippen LogP contribution in [-0.2, 0) is 22.4 Å². The summed E-state index contributed by atoms with van der Waals surface area (Å²) in [5, 5.41) is 11.3. The number of carbonyl (C=O) groups is 2. The van der Waals surface area contributed by atoms with Crippen LogP contribution in [0.5, 0.6) is 0 Å². The van der Waals surface area contributed by atoms with Gasteiger partial charge in [0, 0.05) is 25.9 Å². The highest BCUT2D eigenvalue weighted by Crippen LogP contribution is 2.19. The Balaban J connectivity index is 1.57.